The third-order valence-electron chi connectivity index (χ3n) is 5.05. The second-order valence-corrected chi connectivity index (χ2v) is 7.22. The number of aromatic nitrogens is 3. The average molecular weight is 381 g/mol. The van der Waals surface area contributed by atoms with Gasteiger partial charge in [-0.25, -0.2) is 4.57 Å². The molecule has 4 aromatic rings. The van der Waals surface area contributed by atoms with E-state index in [1.165, 1.54) is 34.9 Å². The van der Waals surface area contributed by atoms with Crippen molar-refractivity contribution in [2.45, 2.75) is 26.3 Å². The van der Waals surface area contributed by atoms with Gasteiger partial charge in [-0.05, 0) is 46.5 Å². The molecule has 29 heavy (non-hydrogen) atoms. The Kier molecular flexibility index (Phi) is 5.96. The molecule has 144 valence electrons. The van der Waals surface area contributed by atoms with Gasteiger partial charge in [-0.3, -0.25) is 4.98 Å². The molecule has 0 atom stereocenters. The molecular formula is C26H26N3+. The fraction of sp³-hybridized carbons (Fsp3) is 0.154. The van der Waals surface area contributed by atoms with Gasteiger partial charge in [0.05, 0.1) is 0 Å². The number of rotatable bonds is 7. The van der Waals surface area contributed by atoms with E-state index in [2.05, 4.69) is 94.7 Å². The maximum atomic E-state index is 4.06. The average Bonchev–Trinajstić information content (AvgIpc) is 3.18. The van der Waals surface area contributed by atoms with Crippen molar-refractivity contribution in [3.63, 3.8) is 0 Å². The molecule has 4 rings (SSSR count). The molecule has 0 bridgehead atoms. The lowest BCUT2D eigenvalue weighted by Crippen LogP contribution is -2.32. The second kappa shape index (κ2) is 9.16. The molecule has 1 aromatic carbocycles. The third kappa shape index (κ3) is 4.88. The van der Waals surface area contributed by atoms with Gasteiger partial charge in [0.1, 0.15) is 6.54 Å². The summed E-state index contributed by atoms with van der Waals surface area (Å²) in [6.07, 6.45) is 21.1. The van der Waals surface area contributed by atoms with Crippen LogP contribution in [0.25, 0.3) is 35.2 Å². The molecule has 0 radical (unpaired) electrons. The predicted octanol–water partition coefficient (Wildman–Crippen LogP) is 5.99. The van der Waals surface area contributed by atoms with Crippen LogP contribution in [0.1, 0.15) is 42.0 Å². The van der Waals surface area contributed by atoms with Crippen LogP contribution in [0.3, 0.4) is 0 Å². The van der Waals surface area contributed by atoms with Gasteiger partial charge >= 0.3 is 0 Å². The monoisotopic (exact) mass is 380 g/mol. The minimum atomic E-state index is 1.08. The smallest absolute Gasteiger partial charge is 0.169 e. The summed E-state index contributed by atoms with van der Waals surface area (Å²) in [7, 11) is 0. The normalized spacial score (nSPS) is 11.8. The number of H-pyrrole nitrogens is 1. The molecule has 0 aliphatic heterocycles. The molecule has 0 unspecified atom stereocenters. The van der Waals surface area contributed by atoms with Crippen LogP contribution in [0, 0.1) is 0 Å². The molecule has 3 heterocycles. The van der Waals surface area contributed by atoms with Crippen molar-refractivity contribution in [2.75, 3.05) is 0 Å². The molecule has 0 aliphatic rings. The van der Waals surface area contributed by atoms with Gasteiger partial charge in [0.25, 0.3) is 0 Å². The fourth-order valence-corrected chi connectivity index (χ4v) is 3.32. The van der Waals surface area contributed by atoms with Gasteiger partial charge in [-0.2, -0.15) is 0 Å². The SMILES string of the molecule is CCCC[n+]1ccc(C=Cc2c[nH]c3ccc(/C=C/c4ccncc4)cc23)cc1. The van der Waals surface area contributed by atoms with E-state index >= 15 is 0 Å². The van der Waals surface area contributed by atoms with Gasteiger partial charge in [-0.1, -0.05) is 43.7 Å². The van der Waals surface area contributed by atoms with E-state index in [1.54, 1.807) is 0 Å². The van der Waals surface area contributed by atoms with Crippen LogP contribution >= 0.6 is 0 Å². The topological polar surface area (TPSA) is 32.6 Å². The summed E-state index contributed by atoms with van der Waals surface area (Å²) in [4.78, 5) is 7.43. The lowest BCUT2D eigenvalue weighted by molar-refractivity contribution is -0.697. The zero-order valence-electron chi connectivity index (χ0n) is 16.8. The summed E-state index contributed by atoms with van der Waals surface area (Å²) in [5.41, 5.74) is 5.88. The summed E-state index contributed by atoms with van der Waals surface area (Å²) < 4.78 is 2.24. The van der Waals surface area contributed by atoms with E-state index in [-0.39, 0.29) is 0 Å². The van der Waals surface area contributed by atoms with Crippen molar-refractivity contribution in [1.29, 1.82) is 0 Å². The van der Waals surface area contributed by atoms with Crippen LogP contribution in [0.5, 0.6) is 0 Å². The predicted molar refractivity (Wildman–Crippen MR) is 122 cm³/mol. The minimum Gasteiger partial charge on any atom is -0.361 e. The minimum absolute atomic E-state index is 1.08. The Bertz CT molecular complexity index is 1120. The zero-order chi connectivity index (χ0) is 19.9. The van der Waals surface area contributed by atoms with Crippen molar-refractivity contribution in [1.82, 2.24) is 9.97 Å². The first-order valence-corrected chi connectivity index (χ1v) is 10.2. The molecule has 3 nitrogen and oxygen atoms in total. The van der Waals surface area contributed by atoms with Gasteiger partial charge in [0.15, 0.2) is 12.4 Å². The van der Waals surface area contributed by atoms with Crippen LogP contribution in [-0.2, 0) is 6.54 Å². The highest BCUT2D eigenvalue weighted by atomic mass is 14.9. The molecule has 1 N–H and O–H groups in total. The third-order valence-corrected chi connectivity index (χ3v) is 5.05. The van der Waals surface area contributed by atoms with Crippen molar-refractivity contribution in [3.05, 3.63) is 95.7 Å². The molecule has 0 spiro atoms. The fourth-order valence-electron chi connectivity index (χ4n) is 3.32. The lowest BCUT2D eigenvalue weighted by Gasteiger charge is -1.98. The number of hydrogen-bond donors (Lipinski definition) is 1. The number of fused-ring (bicyclic) bond motifs is 1. The standard InChI is InChI=1S/C26H25N3/c1-2-3-16-29-17-12-22(13-18-29)6-8-24-20-28-26-9-7-23(19-25(24)26)5-4-21-10-14-27-15-11-21/h4-15,17-20H,2-3,16H2,1H3/p+1/b5-4+. The highest BCUT2D eigenvalue weighted by Gasteiger charge is 2.02. The molecule has 0 saturated heterocycles. The molecule has 0 fully saturated rings. The van der Waals surface area contributed by atoms with Crippen LogP contribution in [-0.4, -0.2) is 9.97 Å². The van der Waals surface area contributed by atoms with Gasteiger partial charge in [0.2, 0.25) is 0 Å². The first-order chi connectivity index (χ1) is 14.3. The molecule has 0 aliphatic carbocycles. The van der Waals surface area contributed by atoms with Crippen molar-refractivity contribution >= 4 is 35.2 Å². The summed E-state index contributed by atoms with van der Waals surface area (Å²) in [6, 6.07) is 14.9. The number of hydrogen-bond acceptors (Lipinski definition) is 1. The Hall–Kier alpha value is -3.46. The Morgan fingerprint density at radius 1 is 0.862 bits per heavy atom. The Labute approximate surface area is 172 Å². The van der Waals surface area contributed by atoms with Crippen LogP contribution in [0.15, 0.2) is 73.4 Å². The summed E-state index contributed by atoms with van der Waals surface area (Å²) in [5.74, 6) is 0. The van der Waals surface area contributed by atoms with E-state index in [9.17, 15) is 0 Å². The van der Waals surface area contributed by atoms with E-state index in [0.29, 0.717) is 0 Å². The van der Waals surface area contributed by atoms with Crippen molar-refractivity contribution in [2.24, 2.45) is 0 Å². The van der Waals surface area contributed by atoms with Gasteiger partial charge in [-0.15, -0.1) is 0 Å². The maximum Gasteiger partial charge on any atom is 0.169 e. The van der Waals surface area contributed by atoms with Crippen LogP contribution in [0.4, 0.5) is 0 Å². The number of nitrogens with zero attached hydrogens (tertiary/aromatic N) is 2. The summed E-state index contributed by atoms with van der Waals surface area (Å²) >= 11 is 0. The number of nitrogens with one attached hydrogen (secondary N) is 1. The number of pyridine rings is 2. The molecule has 0 saturated carbocycles. The molecule has 3 aromatic heterocycles. The number of benzene rings is 1. The Morgan fingerprint density at radius 2 is 1.59 bits per heavy atom. The number of aryl methyl sites for hydroxylation is 1. The van der Waals surface area contributed by atoms with E-state index < -0.39 is 0 Å². The largest absolute Gasteiger partial charge is 0.361 e. The number of aromatic amines is 1. The quantitative estimate of drug-likeness (QED) is 0.392. The maximum absolute atomic E-state index is 4.06. The van der Waals surface area contributed by atoms with E-state index in [4.69, 9.17) is 0 Å². The highest BCUT2D eigenvalue weighted by Crippen LogP contribution is 2.23. The Morgan fingerprint density at radius 3 is 2.38 bits per heavy atom. The van der Waals surface area contributed by atoms with E-state index in [1.807, 2.05) is 24.5 Å². The van der Waals surface area contributed by atoms with E-state index in [0.717, 1.165) is 17.6 Å². The first-order valence-electron chi connectivity index (χ1n) is 10.2. The highest BCUT2D eigenvalue weighted by molar-refractivity contribution is 5.93. The Balaban J connectivity index is 1.53. The molecular weight excluding hydrogens is 354 g/mol. The lowest BCUT2D eigenvalue weighted by atomic mass is 10.1. The number of unbranched alkanes of at least 4 members (excludes halogenated alkanes) is 1. The van der Waals surface area contributed by atoms with Gasteiger partial charge in [0, 0.05) is 48.0 Å². The summed E-state index contributed by atoms with van der Waals surface area (Å²) in [6.45, 7) is 3.30. The van der Waals surface area contributed by atoms with Crippen molar-refractivity contribution in [3.8, 4) is 0 Å². The van der Waals surface area contributed by atoms with Crippen molar-refractivity contribution < 1.29 is 4.57 Å². The van der Waals surface area contributed by atoms with Gasteiger partial charge < -0.3 is 4.98 Å². The molecule has 0 amide bonds. The zero-order valence-corrected chi connectivity index (χ0v) is 16.8. The molecule has 3 heteroatoms. The second-order valence-electron chi connectivity index (χ2n) is 7.22. The summed E-state index contributed by atoms with van der Waals surface area (Å²) in [5, 5.41) is 1.23. The first kappa shape index (κ1) is 18.9. The van der Waals surface area contributed by atoms with Crippen LogP contribution in [0.2, 0.25) is 0 Å². The van der Waals surface area contributed by atoms with Crippen LogP contribution < -0.4 is 4.57 Å².